The fourth-order valence-corrected chi connectivity index (χ4v) is 3.23. The molecule has 1 fully saturated rings. The summed E-state index contributed by atoms with van der Waals surface area (Å²) in [5, 5.41) is 10.4. The van der Waals surface area contributed by atoms with Crippen LogP contribution in [0.25, 0.3) is 0 Å². The third kappa shape index (κ3) is 4.71. The molecule has 1 unspecified atom stereocenters. The van der Waals surface area contributed by atoms with E-state index < -0.39 is 30.8 Å². The molecule has 0 radical (unpaired) electrons. The van der Waals surface area contributed by atoms with Crippen LogP contribution in [-0.2, 0) is 17.9 Å². The van der Waals surface area contributed by atoms with Gasteiger partial charge in [-0.05, 0) is 5.56 Å². The number of nitrogens with zero attached hydrogens (tertiary/aromatic N) is 4. The highest BCUT2D eigenvalue weighted by Gasteiger charge is 2.47. The minimum absolute atomic E-state index is 0.0625. The van der Waals surface area contributed by atoms with Gasteiger partial charge in [-0.15, -0.1) is 5.10 Å². The van der Waals surface area contributed by atoms with E-state index in [1.165, 1.54) is 15.8 Å². The van der Waals surface area contributed by atoms with Crippen molar-refractivity contribution in [3.63, 3.8) is 0 Å². The van der Waals surface area contributed by atoms with Crippen molar-refractivity contribution in [2.45, 2.75) is 45.3 Å². The molecule has 1 N–H and O–H groups in total. The van der Waals surface area contributed by atoms with E-state index >= 15 is 0 Å². The molecule has 1 saturated heterocycles. The second kappa shape index (κ2) is 8.04. The van der Waals surface area contributed by atoms with Crippen molar-refractivity contribution in [1.82, 2.24) is 25.2 Å². The largest absolute Gasteiger partial charge is 0.347 e. The lowest BCUT2D eigenvalue weighted by Crippen LogP contribution is -2.41. The van der Waals surface area contributed by atoms with Crippen molar-refractivity contribution in [1.29, 1.82) is 0 Å². The summed E-state index contributed by atoms with van der Waals surface area (Å²) in [4.78, 5) is 25.7. The highest BCUT2D eigenvalue weighted by atomic mass is 19.3. The van der Waals surface area contributed by atoms with Crippen LogP contribution >= 0.6 is 0 Å². The Labute approximate surface area is 161 Å². The van der Waals surface area contributed by atoms with Gasteiger partial charge in [0, 0.05) is 18.9 Å². The number of halogens is 2. The summed E-state index contributed by atoms with van der Waals surface area (Å²) in [5.41, 5.74) is 1.04. The maximum atomic E-state index is 13.9. The van der Waals surface area contributed by atoms with Crippen molar-refractivity contribution in [2.75, 3.05) is 6.54 Å². The van der Waals surface area contributed by atoms with Gasteiger partial charge in [-0.3, -0.25) is 9.59 Å². The third-order valence-electron chi connectivity index (χ3n) is 4.62. The van der Waals surface area contributed by atoms with E-state index in [1.54, 1.807) is 13.8 Å². The molecule has 9 heteroatoms. The molecule has 150 valence electrons. The Hall–Kier alpha value is -2.84. The van der Waals surface area contributed by atoms with Crippen LogP contribution in [0.15, 0.2) is 36.5 Å². The summed E-state index contributed by atoms with van der Waals surface area (Å²) in [5.74, 6) is -4.01. The second-order valence-electron chi connectivity index (χ2n) is 7.33. The number of nitrogens with one attached hydrogen (secondary N) is 1. The van der Waals surface area contributed by atoms with Crippen molar-refractivity contribution in [3.05, 3.63) is 47.8 Å². The van der Waals surface area contributed by atoms with E-state index in [-0.39, 0.29) is 24.1 Å². The Balaban J connectivity index is 1.63. The Morgan fingerprint density at radius 3 is 2.68 bits per heavy atom. The van der Waals surface area contributed by atoms with Gasteiger partial charge in [-0.2, -0.15) is 0 Å². The Bertz CT molecular complexity index is 838. The normalized spacial score (nSPS) is 18.5. The number of benzene rings is 1. The first-order valence-corrected chi connectivity index (χ1v) is 9.16. The fourth-order valence-electron chi connectivity index (χ4n) is 3.23. The molecule has 2 aromatic rings. The first-order chi connectivity index (χ1) is 13.2. The molecule has 0 spiro atoms. The highest BCUT2D eigenvalue weighted by molar-refractivity contribution is 5.91. The third-order valence-corrected chi connectivity index (χ3v) is 4.62. The van der Waals surface area contributed by atoms with Crippen LogP contribution in [0, 0.1) is 5.92 Å². The molecule has 3 rings (SSSR count). The maximum Gasteiger partial charge on any atom is 0.273 e. The number of alkyl halides is 2. The summed E-state index contributed by atoms with van der Waals surface area (Å²) in [6.07, 6.45) is 0.982. The van der Waals surface area contributed by atoms with E-state index in [4.69, 9.17) is 0 Å². The predicted molar refractivity (Wildman–Crippen MR) is 97.5 cm³/mol. The molecule has 1 aromatic carbocycles. The monoisotopic (exact) mass is 391 g/mol. The molecule has 1 aliphatic rings. The fraction of sp³-hybridized carbons (Fsp3) is 0.474. The first-order valence-electron chi connectivity index (χ1n) is 9.16. The zero-order valence-corrected chi connectivity index (χ0v) is 15.8. The van der Waals surface area contributed by atoms with Gasteiger partial charge in [0.15, 0.2) is 5.69 Å². The van der Waals surface area contributed by atoms with Crippen molar-refractivity contribution < 1.29 is 18.4 Å². The van der Waals surface area contributed by atoms with Crippen LogP contribution in [0.5, 0.6) is 0 Å². The molecule has 1 aromatic heterocycles. The standard InChI is InChI=1S/C19H23F2N5O2/c1-13(2)18(28)26-12-19(20,21)8-15(26)10-25-11-16(23-24-25)17(27)22-9-14-6-4-3-5-7-14/h3-7,11,13,15H,8-10,12H2,1-2H3,(H,22,27). The minimum Gasteiger partial charge on any atom is -0.347 e. The van der Waals surface area contributed by atoms with Gasteiger partial charge in [-0.1, -0.05) is 49.4 Å². The molecular weight excluding hydrogens is 368 g/mol. The van der Waals surface area contributed by atoms with Crippen LogP contribution in [-0.4, -0.2) is 50.2 Å². The maximum absolute atomic E-state index is 13.9. The Morgan fingerprint density at radius 2 is 2.00 bits per heavy atom. The molecule has 0 saturated carbocycles. The average molecular weight is 391 g/mol. The minimum atomic E-state index is -2.92. The van der Waals surface area contributed by atoms with Crippen LogP contribution in [0.2, 0.25) is 0 Å². The SMILES string of the molecule is CC(C)C(=O)N1CC(F)(F)CC1Cn1cc(C(=O)NCc2ccccc2)nn1. The van der Waals surface area contributed by atoms with Gasteiger partial charge in [-0.25, -0.2) is 13.5 Å². The van der Waals surface area contributed by atoms with Gasteiger partial charge in [0.05, 0.1) is 25.3 Å². The topological polar surface area (TPSA) is 80.1 Å². The van der Waals surface area contributed by atoms with Crippen LogP contribution in [0.1, 0.15) is 36.3 Å². The molecule has 1 aliphatic heterocycles. The van der Waals surface area contributed by atoms with Gasteiger partial charge in [0.25, 0.3) is 11.8 Å². The van der Waals surface area contributed by atoms with Gasteiger partial charge in [0.1, 0.15) is 0 Å². The van der Waals surface area contributed by atoms with Crippen LogP contribution < -0.4 is 5.32 Å². The second-order valence-corrected chi connectivity index (χ2v) is 7.33. The van der Waals surface area contributed by atoms with Gasteiger partial charge in [0.2, 0.25) is 5.91 Å². The van der Waals surface area contributed by atoms with Crippen LogP contribution in [0.3, 0.4) is 0 Å². The van der Waals surface area contributed by atoms with Crippen LogP contribution in [0.4, 0.5) is 8.78 Å². The molecular formula is C19H23F2N5O2. The molecule has 28 heavy (non-hydrogen) atoms. The molecule has 0 aliphatic carbocycles. The van der Waals surface area contributed by atoms with E-state index in [2.05, 4.69) is 15.6 Å². The first kappa shape index (κ1) is 19.9. The lowest BCUT2D eigenvalue weighted by Gasteiger charge is -2.25. The Kier molecular flexibility index (Phi) is 5.71. The van der Waals surface area contributed by atoms with E-state index in [9.17, 15) is 18.4 Å². The number of carbonyl (C=O) groups is 2. The number of hydrogen-bond donors (Lipinski definition) is 1. The molecule has 2 amide bonds. The van der Waals surface area contributed by atoms with E-state index in [1.807, 2.05) is 30.3 Å². The lowest BCUT2D eigenvalue weighted by molar-refractivity contribution is -0.136. The number of rotatable bonds is 6. The van der Waals surface area contributed by atoms with Crippen molar-refractivity contribution in [3.8, 4) is 0 Å². The van der Waals surface area contributed by atoms with Crippen molar-refractivity contribution in [2.24, 2.45) is 5.92 Å². The smallest absolute Gasteiger partial charge is 0.273 e. The van der Waals surface area contributed by atoms with Gasteiger partial charge >= 0.3 is 0 Å². The summed E-state index contributed by atoms with van der Waals surface area (Å²) in [6.45, 7) is 3.18. The lowest BCUT2D eigenvalue weighted by atomic mass is 10.1. The predicted octanol–water partition coefficient (Wildman–Crippen LogP) is 2.10. The summed E-state index contributed by atoms with van der Waals surface area (Å²) < 4.78 is 29.1. The number of likely N-dealkylation sites (tertiary alicyclic amines) is 1. The van der Waals surface area contributed by atoms with Gasteiger partial charge < -0.3 is 10.2 Å². The summed E-state index contributed by atoms with van der Waals surface area (Å²) in [6, 6.07) is 8.72. The zero-order chi connectivity index (χ0) is 20.3. The number of amides is 2. The zero-order valence-electron chi connectivity index (χ0n) is 15.8. The summed E-state index contributed by atoms with van der Waals surface area (Å²) in [7, 11) is 0. The number of aromatic nitrogens is 3. The summed E-state index contributed by atoms with van der Waals surface area (Å²) >= 11 is 0. The average Bonchev–Trinajstić information content (AvgIpc) is 3.24. The van der Waals surface area contributed by atoms with E-state index in [0.717, 1.165) is 5.56 Å². The number of carbonyl (C=O) groups excluding carboxylic acids is 2. The molecule has 2 heterocycles. The quantitative estimate of drug-likeness (QED) is 0.818. The Morgan fingerprint density at radius 1 is 1.29 bits per heavy atom. The van der Waals surface area contributed by atoms with E-state index in [0.29, 0.717) is 6.54 Å². The highest BCUT2D eigenvalue weighted by Crippen LogP contribution is 2.33. The molecule has 7 nitrogen and oxygen atoms in total. The number of hydrogen-bond acceptors (Lipinski definition) is 4. The molecule has 0 bridgehead atoms. The van der Waals surface area contributed by atoms with Crippen molar-refractivity contribution >= 4 is 11.8 Å². The molecule has 1 atom stereocenters.